The minimum atomic E-state index is -3.24. The van der Waals surface area contributed by atoms with Crippen LogP contribution in [-0.2, 0) is 10.0 Å². The summed E-state index contributed by atoms with van der Waals surface area (Å²) in [7, 11) is -3.24. The molecule has 0 amide bonds. The van der Waals surface area contributed by atoms with Crippen molar-refractivity contribution in [2.75, 3.05) is 42.8 Å². The second-order valence-electron chi connectivity index (χ2n) is 12.9. The van der Waals surface area contributed by atoms with Crippen LogP contribution in [0.3, 0.4) is 0 Å². The molecule has 5 aromatic rings. The van der Waals surface area contributed by atoms with E-state index in [0.29, 0.717) is 37.2 Å². The SMILES string of the molecule is CCN(CCNS(C)(=O)=O)c1ccc(N=C2C(C(C)(C)C)=Nn3nc(-c4ccc(NCOc5ccc6ncccc6c5)cc4)nc32)c(C)c1. The fraction of sp³-hybridized carbons (Fsp3) is 0.306. The van der Waals surface area contributed by atoms with Gasteiger partial charge in [0.15, 0.2) is 12.6 Å². The number of likely N-dealkylation sites (N-methyl/N-ethyl adjacent to an activating group) is 1. The topological polar surface area (TPSA) is 139 Å². The first-order valence-electron chi connectivity index (χ1n) is 16.2. The Morgan fingerprint density at radius 2 is 1.82 bits per heavy atom. The van der Waals surface area contributed by atoms with Gasteiger partial charge >= 0.3 is 0 Å². The van der Waals surface area contributed by atoms with Crippen LogP contribution in [0.25, 0.3) is 22.3 Å². The molecule has 2 N–H and O–H groups in total. The molecule has 0 atom stereocenters. The van der Waals surface area contributed by atoms with Gasteiger partial charge < -0.3 is 15.0 Å². The zero-order valence-electron chi connectivity index (χ0n) is 28.6. The number of aliphatic imine (C=N–C) groups is 1. The number of ether oxygens (including phenoxy) is 1. The van der Waals surface area contributed by atoms with E-state index in [2.05, 4.69) is 46.8 Å². The van der Waals surface area contributed by atoms with Gasteiger partial charge in [-0.05, 0) is 86.1 Å². The highest BCUT2D eigenvalue weighted by Gasteiger charge is 2.35. The minimum Gasteiger partial charge on any atom is -0.473 e. The second-order valence-corrected chi connectivity index (χ2v) is 14.8. The maximum atomic E-state index is 11.5. The third-order valence-electron chi connectivity index (χ3n) is 8.07. The molecule has 3 aromatic carbocycles. The number of sulfonamides is 1. The largest absolute Gasteiger partial charge is 0.473 e. The summed E-state index contributed by atoms with van der Waals surface area (Å²) < 4.78 is 31.5. The van der Waals surface area contributed by atoms with E-state index in [1.54, 1.807) is 11.0 Å². The molecule has 0 radical (unpaired) electrons. The fourth-order valence-corrected chi connectivity index (χ4v) is 5.96. The number of rotatable bonds is 12. The van der Waals surface area contributed by atoms with Gasteiger partial charge in [0, 0.05) is 53.6 Å². The van der Waals surface area contributed by atoms with Crippen LogP contribution in [0.5, 0.6) is 5.75 Å². The zero-order valence-corrected chi connectivity index (χ0v) is 29.4. The molecule has 49 heavy (non-hydrogen) atoms. The Kier molecular flexibility index (Phi) is 9.48. The highest BCUT2D eigenvalue weighted by atomic mass is 32.2. The van der Waals surface area contributed by atoms with E-state index in [1.807, 2.05) is 80.6 Å². The summed E-state index contributed by atoms with van der Waals surface area (Å²) in [6.07, 6.45) is 2.95. The number of hydrogen-bond donors (Lipinski definition) is 2. The number of aromatic nitrogens is 4. The van der Waals surface area contributed by atoms with Gasteiger partial charge in [0.25, 0.3) is 0 Å². The summed E-state index contributed by atoms with van der Waals surface area (Å²) in [5.41, 5.74) is 6.67. The normalized spacial score (nSPS) is 13.8. The van der Waals surface area contributed by atoms with Gasteiger partial charge in [-0.2, -0.15) is 5.10 Å². The fourth-order valence-electron chi connectivity index (χ4n) is 5.50. The summed E-state index contributed by atoms with van der Waals surface area (Å²) in [6.45, 7) is 12.3. The van der Waals surface area contributed by atoms with Crippen LogP contribution in [0.4, 0.5) is 17.1 Å². The smallest absolute Gasteiger partial charge is 0.208 e. The summed E-state index contributed by atoms with van der Waals surface area (Å²) >= 11 is 0. The number of nitrogens with zero attached hydrogens (tertiary/aromatic N) is 7. The Labute approximate surface area is 287 Å². The maximum absolute atomic E-state index is 11.5. The molecule has 0 saturated heterocycles. The first-order chi connectivity index (χ1) is 23.4. The first kappa shape index (κ1) is 33.7. The van der Waals surface area contributed by atoms with Crippen LogP contribution in [-0.4, -0.2) is 72.3 Å². The van der Waals surface area contributed by atoms with E-state index >= 15 is 0 Å². The number of anilines is 2. The van der Waals surface area contributed by atoms with Gasteiger partial charge in [0.2, 0.25) is 15.8 Å². The Bertz CT molecular complexity index is 2150. The van der Waals surface area contributed by atoms with Crippen molar-refractivity contribution >= 4 is 49.4 Å². The van der Waals surface area contributed by atoms with Crippen LogP contribution < -0.4 is 19.7 Å². The van der Waals surface area contributed by atoms with Crippen LogP contribution in [0, 0.1) is 12.3 Å². The van der Waals surface area contributed by atoms with E-state index in [-0.39, 0.29) is 5.41 Å². The van der Waals surface area contributed by atoms with Gasteiger partial charge in [0.1, 0.15) is 11.5 Å². The Balaban J connectivity index is 1.17. The van der Waals surface area contributed by atoms with Crippen LogP contribution in [0.1, 0.15) is 39.1 Å². The van der Waals surface area contributed by atoms with Crippen molar-refractivity contribution in [2.45, 2.75) is 34.6 Å². The predicted molar refractivity (Wildman–Crippen MR) is 197 cm³/mol. The lowest BCUT2D eigenvalue weighted by molar-refractivity contribution is 0.347. The highest BCUT2D eigenvalue weighted by Crippen LogP contribution is 2.31. The average Bonchev–Trinajstić information content (AvgIpc) is 3.63. The van der Waals surface area contributed by atoms with Gasteiger partial charge in [-0.25, -0.2) is 23.1 Å². The van der Waals surface area contributed by atoms with E-state index in [1.165, 1.54) is 6.26 Å². The zero-order chi connectivity index (χ0) is 34.8. The van der Waals surface area contributed by atoms with Gasteiger partial charge in [-0.1, -0.05) is 26.8 Å². The number of pyridine rings is 1. The van der Waals surface area contributed by atoms with Crippen LogP contribution in [0.2, 0.25) is 0 Å². The van der Waals surface area contributed by atoms with Crippen molar-refractivity contribution < 1.29 is 13.2 Å². The molecule has 0 bridgehead atoms. The molecule has 0 fully saturated rings. The molecule has 3 heterocycles. The molecule has 1 aliphatic heterocycles. The predicted octanol–water partition coefficient (Wildman–Crippen LogP) is 6.01. The third-order valence-corrected chi connectivity index (χ3v) is 8.80. The average molecular weight is 680 g/mol. The first-order valence-corrected chi connectivity index (χ1v) is 18.1. The summed E-state index contributed by atoms with van der Waals surface area (Å²) in [5, 5.41) is 13.9. The summed E-state index contributed by atoms with van der Waals surface area (Å²) in [4.78, 5) is 18.0. The van der Waals surface area contributed by atoms with E-state index < -0.39 is 10.0 Å². The molecule has 0 spiro atoms. The Morgan fingerprint density at radius 3 is 2.53 bits per heavy atom. The lowest BCUT2D eigenvalue weighted by Crippen LogP contribution is -2.34. The molecule has 0 unspecified atom stereocenters. The van der Waals surface area contributed by atoms with Gasteiger partial charge in [0.05, 0.1) is 23.2 Å². The molecule has 1 aliphatic rings. The Morgan fingerprint density at radius 1 is 1.02 bits per heavy atom. The molecule has 0 saturated carbocycles. The summed E-state index contributed by atoms with van der Waals surface area (Å²) in [5.74, 6) is 1.91. The number of hydrogen-bond acceptors (Lipinski definition) is 10. The van der Waals surface area contributed by atoms with Crippen molar-refractivity contribution in [1.82, 2.24) is 24.6 Å². The molecular weight excluding hydrogens is 639 g/mol. The van der Waals surface area contributed by atoms with Gasteiger partial charge in [-0.15, -0.1) is 9.89 Å². The highest BCUT2D eigenvalue weighted by molar-refractivity contribution is 7.88. The quantitative estimate of drug-likeness (QED) is 0.153. The lowest BCUT2D eigenvalue weighted by Gasteiger charge is -2.24. The van der Waals surface area contributed by atoms with Gasteiger partial charge in [-0.3, -0.25) is 4.98 Å². The number of aryl methyl sites for hydroxylation is 1. The molecule has 0 aliphatic carbocycles. The molecule has 6 rings (SSSR count). The van der Waals surface area contributed by atoms with E-state index in [0.717, 1.165) is 57.1 Å². The van der Waals surface area contributed by atoms with Crippen molar-refractivity contribution in [2.24, 2.45) is 15.5 Å². The molecule has 2 aromatic heterocycles. The van der Waals surface area contributed by atoms with Crippen LogP contribution in [0.15, 0.2) is 89.1 Å². The van der Waals surface area contributed by atoms with Crippen molar-refractivity contribution in [3.05, 3.63) is 90.4 Å². The number of benzene rings is 3. The third kappa shape index (κ3) is 7.95. The Hall–Kier alpha value is -5.14. The van der Waals surface area contributed by atoms with Crippen molar-refractivity contribution in [3.8, 4) is 17.1 Å². The van der Waals surface area contributed by atoms with Crippen molar-refractivity contribution in [3.63, 3.8) is 0 Å². The second kappa shape index (κ2) is 13.8. The number of fused-ring (bicyclic) bond motifs is 2. The molecule has 254 valence electrons. The van der Waals surface area contributed by atoms with Crippen LogP contribution >= 0.6 is 0 Å². The van der Waals surface area contributed by atoms with Crippen molar-refractivity contribution in [1.29, 1.82) is 0 Å². The maximum Gasteiger partial charge on any atom is 0.208 e. The number of nitrogens with one attached hydrogen (secondary N) is 2. The lowest BCUT2D eigenvalue weighted by atomic mass is 9.87. The van der Waals surface area contributed by atoms with E-state index in [9.17, 15) is 8.42 Å². The monoisotopic (exact) mass is 679 g/mol. The van der Waals surface area contributed by atoms with E-state index in [4.69, 9.17) is 24.9 Å². The summed E-state index contributed by atoms with van der Waals surface area (Å²) in [6, 6.07) is 23.7. The molecule has 13 heteroatoms. The molecule has 12 nitrogen and oxygen atoms in total. The molecular formula is C36H41N9O3S. The standard InChI is InChI=1S/C36H41N9O3S/c1-7-44(20-19-39-49(6,46)47)28-14-16-30(24(2)21-28)40-32-33(36(3,4)5)42-45-35(32)41-34(43-45)25-10-12-27(13-11-25)38-23-48-29-15-17-31-26(22-29)9-8-18-37-31/h8-18,21-22,38-39H,7,19-20,23H2,1-6H3. The minimum absolute atomic E-state index is 0.292.